The predicted octanol–water partition coefficient (Wildman–Crippen LogP) is 7.18. The number of aliphatic hydroxyl groups excluding tert-OH is 1. The van der Waals surface area contributed by atoms with Crippen LogP contribution in [0.15, 0.2) is 96.6 Å². The molecular weight excluding hydrogens is 555 g/mol. The van der Waals surface area contributed by atoms with Crippen LogP contribution in [0.25, 0.3) is 16.0 Å². The van der Waals surface area contributed by atoms with Crippen molar-refractivity contribution in [3.05, 3.63) is 119 Å². The average molecular weight is 579 g/mol. The van der Waals surface area contributed by atoms with Gasteiger partial charge in [0.15, 0.2) is 5.13 Å². The number of carbonyl (C=O) groups is 2. The lowest BCUT2D eigenvalue weighted by atomic mass is 9.94. The number of hydrogen-bond donors (Lipinski definition) is 1. The number of halogens is 1. The molecule has 0 unspecified atom stereocenters. The molecule has 1 N–H and O–H groups in total. The molecule has 7 nitrogen and oxygen atoms in total. The number of thiazole rings is 1. The number of ether oxygens (including phenoxy) is 2. The van der Waals surface area contributed by atoms with Gasteiger partial charge in [-0.3, -0.25) is 14.5 Å². The molecule has 0 bridgehead atoms. The first-order valence-corrected chi connectivity index (χ1v) is 14.2. The van der Waals surface area contributed by atoms with E-state index in [4.69, 9.17) is 9.47 Å². The third kappa shape index (κ3) is 4.48. The van der Waals surface area contributed by atoms with E-state index in [0.29, 0.717) is 39.3 Å². The summed E-state index contributed by atoms with van der Waals surface area (Å²) in [5, 5.41) is 11.8. The third-order valence-electron chi connectivity index (χ3n) is 7.31. The Morgan fingerprint density at radius 1 is 1.00 bits per heavy atom. The number of para-hydroxylation sites is 1. The van der Waals surface area contributed by atoms with Crippen LogP contribution in [0.5, 0.6) is 17.2 Å². The van der Waals surface area contributed by atoms with Crippen molar-refractivity contribution in [3.63, 3.8) is 0 Å². The smallest absolute Gasteiger partial charge is 0.301 e. The highest BCUT2D eigenvalue weighted by molar-refractivity contribution is 7.22. The van der Waals surface area contributed by atoms with Crippen LogP contribution >= 0.6 is 11.3 Å². The van der Waals surface area contributed by atoms with Gasteiger partial charge in [-0.2, -0.15) is 0 Å². The Labute approximate surface area is 244 Å². The second-order valence-electron chi connectivity index (χ2n) is 10.2. The zero-order valence-corrected chi connectivity index (χ0v) is 23.1. The van der Waals surface area contributed by atoms with Crippen molar-refractivity contribution in [1.82, 2.24) is 4.98 Å². The molecule has 5 aromatic rings. The lowest BCUT2D eigenvalue weighted by Gasteiger charge is -2.23. The molecule has 7 rings (SSSR count). The van der Waals surface area contributed by atoms with Crippen LogP contribution in [-0.2, 0) is 16.0 Å². The van der Waals surface area contributed by atoms with Gasteiger partial charge in [-0.1, -0.05) is 41.7 Å². The number of aromatic nitrogens is 1. The lowest BCUT2D eigenvalue weighted by Crippen LogP contribution is -2.29. The molecule has 0 radical (unpaired) electrons. The second-order valence-corrected chi connectivity index (χ2v) is 11.2. The van der Waals surface area contributed by atoms with Gasteiger partial charge >= 0.3 is 5.91 Å². The van der Waals surface area contributed by atoms with Gasteiger partial charge in [0.25, 0.3) is 5.78 Å². The summed E-state index contributed by atoms with van der Waals surface area (Å²) in [5.41, 5.74) is 2.26. The van der Waals surface area contributed by atoms with Crippen LogP contribution in [0.2, 0.25) is 0 Å². The number of Topliss-reactive ketones (excluding diaryl/α,β-unsaturated/α-hetero) is 1. The zero-order chi connectivity index (χ0) is 29.0. The summed E-state index contributed by atoms with van der Waals surface area (Å²) in [5.74, 6) is -0.591. The molecule has 2 aliphatic rings. The van der Waals surface area contributed by atoms with Gasteiger partial charge in [0, 0.05) is 12.0 Å². The molecule has 1 fully saturated rings. The number of amides is 1. The molecule has 208 valence electrons. The van der Waals surface area contributed by atoms with E-state index >= 15 is 0 Å². The molecule has 1 saturated heterocycles. The topological polar surface area (TPSA) is 89.0 Å². The Hall–Kier alpha value is -5.02. The minimum Gasteiger partial charge on any atom is -0.507 e. The first-order valence-electron chi connectivity index (χ1n) is 13.4. The van der Waals surface area contributed by atoms with Crippen molar-refractivity contribution in [2.45, 2.75) is 25.5 Å². The molecule has 1 amide bonds. The summed E-state index contributed by atoms with van der Waals surface area (Å²) in [7, 11) is 0. The van der Waals surface area contributed by atoms with Gasteiger partial charge in [0.1, 0.15) is 34.9 Å². The fraction of sp³-hybridized carbons (Fsp3) is 0.121. The van der Waals surface area contributed by atoms with Gasteiger partial charge in [0.05, 0.1) is 21.8 Å². The minimum atomic E-state index is -1.02. The third-order valence-corrected chi connectivity index (χ3v) is 8.33. The lowest BCUT2D eigenvalue weighted by molar-refractivity contribution is -0.132. The zero-order valence-electron chi connectivity index (χ0n) is 22.3. The number of nitrogens with zero attached hydrogens (tertiary/aromatic N) is 2. The molecule has 0 spiro atoms. The van der Waals surface area contributed by atoms with Crippen molar-refractivity contribution in [3.8, 4) is 17.2 Å². The van der Waals surface area contributed by atoms with Gasteiger partial charge in [0.2, 0.25) is 0 Å². The van der Waals surface area contributed by atoms with Crippen LogP contribution in [0, 0.1) is 5.82 Å². The fourth-order valence-electron chi connectivity index (χ4n) is 5.43. The number of rotatable bonds is 5. The van der Waals surface area contributed by atoms with Crippen LogP contribution in [0.1, 0.15) is 29.7 Å². The Balaban J connectivity index is 1.38. The Morgan fingerprint density at radius 2 is 1.81 bits per heavy atom. The van der Waals surface area contributed by atoms with Gasteiger partial charge in [-0.05, 0) is 78.7 Å². The highest BCUT2D eigenvalue weighted by atomic mass is 32.1. The second kappa shape index (κ2) is 10.1. The van der Waals surface area contributed by atoms with Crippen molar-refractivity contribution in [1.29, 1.82) is 0 Å². The maximum absolute atomic E-state index is 14.0. The number of ketones is 1. The van der Waals surface area contributed by atoms with E-state index in [1.54, 1.807) is 42.5 Å². The van der Waals surface area contributed by atoms with Crippen molar-refractivity contribution < 1.29 is 28.6 Å². The molecule has 0 aliphatic carbocycles. The van der Waals surface area contributed by atoms with Crippen LogP contribution in [0.4, 0.5) is 9.52 Å². The molecule has 3 heterocycles. The van der Waals surface area contributed by atoms with Gasteiger partial charge in [-0.25, -0.2) is 9.37 Å². The van der Waals surface area contributed by atoms with Crippen LogP contribution in [-0.4, -0.2) is 27.9 Å². The molecule has 1 aromatic heterocycles. The van der Waals surface area contributed by atoms with E-state index in [1.807, 2.05) is 37.3 Å². The molecule has 42 heavy (non-hydrogen) atoms. The highest BCUT2D eigenvalue weighted by Crippen LogP contribution is 2.45. The van der Waals surface area contributed by atoms with Crippen LogP contribution < -0.4 is 14.4 Å². The number of anilines is 1. The monoisotopic (exact) mass is 578 g/mol. The number of hydrogen-bond acceptors (Lipinski definition) is 7. The van der Waals surface area contributed by atoms with Crippen molar-refractivity contribution in [2.24, 2.45) is 0 Å². The van der Waals surface area contributed by atoms with Gasteiger partial charge in [-0.15, -0.1) is 0 Å². The number of fused-ring (bicyclic) bond motifs is 2. The Kier molecular flexibility index (Phi) is 6.24. The van der Waals surface area contributed by atoms with E-state index < -0.39 is 23.5 Å². The standard InChI is InChI=1S/C33H23FN2O5S/c1-18-14-21-15-20(10-13-26(21)40-18)30(37)28-29(19-6-5-9-24(16-19)41-23-7-3-2-4-8-23)36(32(39)31(28)38)33-35-25-12-11-22(34)17-27(25)42-33/h2-13,15-18,29,37H,14H2,1H3/t18-,29-/m0/s1. The first-order chi connectivity index (χ1) is 20.4. The summed E-state index contributed by atoms with van der Waals surface area (Å²) in [4.78, 5) is 33.2. The van der Waals surface area contributed by atoms with E-state index in [2.05, 4.69) is 4.98 Å². The van der Waals surface area contributed by atoms with Crippen molar-refractivity contribution in [2.75, 3.05) is 4.90 Å². The van der Waals surface area contributed by atoms with E-state index in [-0.39, 0.29) is 22.6 Å². The molecule has 4 aromatic carbocycles. The summed E-state index contributed by atoms with van der Waals surface area (Å²) in [6, 6.07) is 24.6. The SMILES string of the molecule is C[C@H]1Cc2cc(C(O)=C3C(=O)C(=O)N(c4nc5ccc(F)cc5s4)[C@H]3c3cccc(Oc4ccccc4)c3)ccc2O1. The average Bonchev–Trinajstić information content (AvgIpc) is 3.65. The summed E-state index contributed by atoms with van der Waals surface area (Å²) in [6.45, 7) is 1.96. The molecule has 9 heteroatoms. The summed E-state index contributed by atoms with van der Waals surface area (Å²) < 4.78 is 26.3. The Bertz CT molecular complexity index is 1920. The van der Waals surface area contributed by atoms with E-state index in [1.165, 1.54) is 23.1 Å². The normalized spacial score (nSPS) is 19.2. The quantitative estimate of drug-likeness (QED) is 0.135. The molecule has 0 saturated carbocycles. The maximum Gasteiger partial charge on any atom is 0.301 e. The number of carbonyl (C=O) groups excluding carboxylic acids is 2. The van der Waals surface area contributed by atoms with E-state index in [0.717, 1.165) is 22.6 Å². The van der Waals surface area contributed by atoms with Crippen LogP contribution in [0.3, 0.4) is 0 Å². The molecule has 2 aliphatic heterocycles. The largest absolute Gasteiger partial charge is 0.507 e. The predicted molar refractivity (Wildman–Crippen MR) is 158 cm³/mol. The highest BCUT2D eigenvalue weighted by Gasteiger charge is 2.48. The van der Waals surface area contributed by atoms with E-state index in [9.17, 15) is 19.1 Å². The maximum atomic E-state index is 14.0. The Morgan fingerprint density at radius 3 is 2.64 bits per heavy atom. The first kappa shape index (κ1) is 25.9. The minimum absolute atomic E-state index is 0.000738. The fourth-order valence-corrected chi connectivity index (χ4v) is 6.45. The number of benzene rings is 4. The summed E-state index contributed by atoms with van der Waals surface area (Å²) in [6.07, 6.45) is 0.661. The summed E-state index contributed by atoms with van der Waals surface area (Å²) >= 11 is 1.10. The van der Waals surface area contributed by atoms with Crippen molar-refractivity contribution >= 4 is 44.1 Å². The molecular formula is C33H23FN2O5S. The molecule has 2 atom stereocenters. The number of aliphatic hydroxyl groups is 1. The van der Waals surface area contributed by atoms with Gasteiger partial charge < -0.3 is 14.6 Å².